The normalized spacial score (nSPS) is 11.3. The van der Waals surface area contributed by atoms with Gasteiger partial charge in [-0.15, -0.1) is 0 Å². The van der Waals surface area contributed by atoms with Crippen molar-refractivity contribution in [3.8, 4) is 0 Å². The highest BCUT2D eigenvalue weighted by Crippen LogP contribution is 2.24. The number of nitrogens with two attached hydrogens (primary N) is 1. The number of halogens is 2. The van der Waals surface area contributed by atoms with E-state index in [-0.39, 0.29) is 5.70 Å². The summed E-state index contributed by atoms with van der Waals surface area (Å²) in [7, 11) is 1.30. The molecule has 0 fully saturated rings. The number of carbonyl (C=O) groups is 1. The Hall–Kier alpha value is -0.560. The molecule has 0 radical (unpaired) electrons. The highest BCUT2D eigenvalue weighted by molar-refractivity contribution is 14.1. The van der Waals surface area contributed by atoms with E-state index >= 15 is 0 Å². The molecule has 0 heterocycles. The highest BCUT2D eigenvalue weighted by atomic mass is 127. The largest absolute Gasteiger partial charge is 0.464 e. The molecule has 3 nitrogen and oxygen atoms in total. The molecule has 0 unspecified atom stereocenters. The molecule has 0 saturated heterocycles. The average Bonchev–Trinajstić information content (AvgIpc) is 2.23. The summed E-state index contributed by atoms with van der Waals surface area (Å²) in [6.07, 6.45) is 1.58. The second-order valence-electron chi connectivity index (χ2n) is 2.73. The molecule has 1 aromatic rings. The third-order valence-electron chi connectivity index (χ3n) is 1.71. The van der Waals surface area contributed by atoms with Crippen LogP contribution >= 0.6 is 38.5 Å². The van der Waals surface area contributed by atoms with Crippen LogP contribution in [0.5, 0.6) is 0 Å². The summed E-state index contributed by atoms with van der Waals surface area (Å²) in [6, 6.07) is 5.71. The smallest absolute Gasteiger partial charge is 0.353 e. The van der Waals surface area contributed by atoms with Gasteiger partial charge >= 0.3 is 5.97 Å². The lowest BCUT2D eigenvalue weighted by atomic mass is 10.2. The van der Waals surface area contributed by atoms with Gasteiger partial charge in [-0.05, 0) is 56.2 Å². The summed E-state index contributed by atoms with van der Waals surface area (Å²) in [6.45, 7) is 0. The van der Waals surface area contributed by atoms with Crippen LogP contribution in [0.4, 0.5) is 0 Å². The second-order valence-corrected chi connectivity index (χ2v) is 4.69. The molecule has 0 saturated carbocycles. The van der Waals surface area contributed by atoms with Crippen molar-refractivity contribution < 1.29 is 9.53 Å². The van der Waals surface area contributed by atoms with E-state index in [2.05, 4.69) is 43.3 Å². The SMILES string of the molecule is COC(=O)/C(N)=C/c1cccc(I)c1Br. The van der Waals surface area contributed by atoms with Crippen molar-refractivity contribution in [3.05, 3.63) is 37.5 Å². The molecule has 0 aromatic heterocycles. The van der Waals surface area contributed by atoms with E-state index in [1.54, 1.807) is 6.08 Å². The first-order valence-corrected chi connectivity index (χ1v) is 5.93. The van der Waals surface area contributed by atoms with Crippen molar-refractivity contribution in [2.24, 2.45) is 5.73 Å². The minimum absolute atomic E-state index is 0.0835. The van der Waals surface area contributed by atoms with Gasteiger partial charge < -0.3 is 10.5 Å². The van der Waals surface area contributed by atoms with Crippen molar-refractivity contribution in [2.45, 2.75) is 0 Å². The summed E-state index contributed by atoms with van der Waals surface area (Å²) in [5.41, 5.74) is 6.48. The average molecular weight is 382 g/mol. The van der Waals surface area contributed by atoms with E-state index in [9.17, 15) is 4.79 Å². The first kappa shape index (κ1) is 12.5. The summed E-state index contributed by atoms with van der Waals surface area (Å²) in [4.78, 5) is 11.1. The number of esters is 1. The van der Waals surface area contributed by atoms with Gasteiger partial charge in [-0.1, -0.05) is 12.1 Å². The van der Waals surface area contributed by atoms with Gasteiger partial charge in [-0.25, -0.2) is 4.79 Å². The van der Waals surface area contributed by atoms with Crippen molar-refractivity contribution in [2.75, 3.05) is 7.11 Å². The molecule has 0 amide bonds. The van der Waals surface area contributed by atoms with Gasteiger partial charge in [-0.2, -0.15) is 0 Å². The Morgan fingerprint density at radius 1 is 1.60 bits per heavy atom. The number of hydrogen-bond acceptors (Lipinski definition) is 3. The minimum atomic E-state index is -0.527. The topological polar surface area (TPSA) is 52.3 Å². The maximum absolute atomic E-state index is 11.1. The third-order valence-corrected chi connectivity index (χ3v) is 4.24. The van der Waals surface area contributed by atoms with Gasteiger partial charge in [0.2, 0.25) is 0 Å². The molecular weight excluding hydrogens is 373 g/mol. The highest BCUT2D eigenvalue weighted by Gasteiger charge is 2.06. The Bertz CT molecular complexity index is 418. The number of benzene rings is 1. The van der Waals surface area contributed by atoms with E-state index < -0.39 is 5.97 Å². The van der Waals surface area contributed by atoms with Gasteiger partial charge in [0.1, 0.15) is 5.70 Å². The maximum Gasteiger partial charge on any atom is 0.353 e. The number of hydrogen-bond donors (Lipinski definition) is 1. The first-order chi connectivity index (χ1) is 7.06. The minimum Gasteiger partial charge on any atom is -0.464 e. The Balaban J connectivity index is 3.08. The fourth-order valence-electron chi connectivity index (χ4n) is 0.976. The van der Waals surface area contributed by atoms with E-state index in [1.807, 2.05) is 18.2 Å². The molecular formula is C10H9BrINO2. The molecule has 0 aliphatic heterocycles. The van der Waals surface area contributed by atoms with Gasteiger partial charge in [0.15, 0.2) is 0 Å². The molecule has 0 spiro atoms. The molecule has 80 valence electrons. The zero-order chi connectivity index (χ0) is 11.4. The van der Waals surface area contributed by atoms with Gasteiger partial charge in [0, 0.05) is 8.04 Å². The molecule has 0 bridgehead atoms. The van der Waals surface area contributed by atoms with Crippen molar-refractivity contribution in [1.29, 1.82) is 0 Å². The van der Waals surface area contributed by atoms with Crippen LogP contribution in [-0.2, 0) is 9.53 Å². The zero-order valence-corrected chi connectivity index (χ0v) is 11.7. The number of methoxy groups -OCH3 is 1. The lowest BCUT2D eigenvalue weighted by Crippen LogP contribution is -2.12. The number of carbonyl (C=O) groups excluding carboxylic acids is 1. The van der Waals surface area contributed by atoms with Crippen LogP contribution in [0.2, 0.25) is 0 Å². The van der Waals surface area contributed by atoms with Crippen LogP contribution < -0.4 is 5.73 Å². The van der Waals surface area contributed by atoms with Crippen LogP contribution in [0.1, 0.15) is 5.56 Å². The molecule has 2 N–H and O–H groups in total. The Morgan fingerprint density at radius 3 is 2.87 bits per heavy atom. The van der Waals surface area contributed by atoms with Gasteiger partial charge in [0.05, 0.1) is 7.11 Å². The van der Waals surface area contributed by atoms with Crippen molar-refractivity contribution in [3.63, 3.8) is 0 Å². The fraction of sp³-hybridized carbons (Fsp3) is 0.100. The lowest BCUT2D eigenvalue weighted by molar-refractivity contribution is -0.136. The van der Waals surface area contributed by atoms with E-state index in [1.165, 1.54) is 7.11 Å². The first-order valence-electron chi connectivity index (χ1n) is 4.05. The van der Waals surface area contributed by atoms with Crippen LogP contribution in [0.15, 0.2) is 28.4 Å². The quantitative estimate of drug-likeness (QED) is 0.486. The third kappa shape index (κ3) is 3.20. The van der Waals surface area contributed by atoms with E-state index in [0.717, 1.165) is 13.6 Å². The molecule has 0 aliphatic rings. The standard InChI is InChI=1S/C10H9BrINO2/c1-15-10(14)8(13)5-6-3-2-4-7(12)9(6)11/h2-5H,13H2,1H3/b8-5-. The van der Waals surface area contributed by atoms with Crippen LogP contribution in [0.25, 0.3) is 6.08 Å². The summed E-state index contributed by atoms with van der Waals surface area (Å²) < 4.78 is 6.47. The number of ether oxygens (including phenoxy) is 1. The van der Waals surface area contributed by atoms with Crippen LogP contribution in [-0.4, -0.2) is 13.1 Å². The van der Waals surface area contributed by atoms with Gasteiger partial charge in [-0.3, -0.25) is 0 Å². The molecule has 0 aliphatic carbocycles. The Morgan fingerprint density at radius 2 is 2.27 bits per heavy atom. The number of rotatable bonds is 2. The predicted octanol–water partition coefficient (Wildman–Crippen LogP) is 2.53. The van der Waals surface area contributed by atoms with Crippen LogP contribution in [0.3, 0.4) is 0 Å². The van der Waals surface area contributed by atoms with E-state index in [0.29, 0.717) is 0 Å². The molecule has 15 heavy (non-hydrogen) atoms. The second kappa shape index (κ2) is 5.50. The Labute approximate surface area is 110 Å². The summed E-state index contributed by atoms with van der Waals surface area (Å²) in [5, 5.41) is 0. The lowest BCUT2D eigenvalue weighted by Gasteiger charge is -2.03. The van der Waals surface area contributed by atoms with Crippen molar-refractivity contribution in [1.82, 2.24) is 0 Å². The fourth-order valence-corrected chi connectivity index (χ4v) is 1.87. The molecule has 5 heteroatoms. The van der Waals surface area contributed by atoms with E-state index in [4.69, 9.17) is 5.73 Å². The van der Waals surface area contributed by atoms with Gasteiger partial charge in [0.25, 0.3) is 0 Å². The summed E-state index contributed by atoms with van der Waals surface area (Å²) in [5.74, 6) is -0.527. The van der Waals surface area contributed by atoms with Crippen LogP contribution in [0, 0.1) is 3.57 Å². The summed E-state index contributed by atoms with van der Waals surface area (Å²) >= 11 is 5.61. The maximum atomic E-state index is 11.1. The van der Waals surface area contributed by atoms with Crippen molar-refractivity contribution >= 4 is 50.6 Å². The molecule has 1 rings (SSSR count). The Kier molecular flexibility index (Phi) is 4.59. The molecule has 1 aromatic carbocycles. The monoisotopic (exact) mass is 381 g/mol. The predicted molar refractivity (Wildman–Crippen MR) is 71.0 cm³/mol. The molecule has 0 atom stereocenters. The zero-order valence-electron chi connectivity index (χ0n) is 7.96.